The van der Waals surface area contributed by atoms with Crippen LogP contribution in [0.4, 0.5) is 4.79 Å². The Morgan fingerprint density at radius 2 is 2.25 bits per heavy atom. The van der Waals surface area contributed by atoms with Crippen LogP contribution in [0.3, 0.4) is 0 Å². The van der Waals surface area contributed by atoms with Crippen LogP contribution in [0.1, 0.15) is 33.1 Å². The fraction of sp³-hybridized carbons (Fsp3) is 0.769. The average Bonchev–Trinajstić information content (AvgIpc) is 2.25. The van der Waals surface area contributed by atoms with E-state index in [1.165, 1.54) is 0 Å². The third-order valence-corrected chi connectivity index (χ3v) is 3.87. The molecule has 0 aromatic rings. The molecule has 1 atom stereocenters. The summed E-state index contributed by atoms with van der Waals surface area (Å²) in [5.41, 5.74) is 1.74. The van der Waals surface area contributed by atoms with E-state index in [2.05, 4.69) is 19.9 Å². The summed E-state index contributed by atoms with van der Waals surface area (Å²) in [6, 6.07) is 0. The van der Waals surface area contributed by atoms with Crippen molar-refractivity contribution in [2.75, 3.05) is 20.2 Å². The van der Waals surface area contributed by atoms with Gasteiger partial charge in [0.2, 0.25) is 0 Å². The second-order valence-corrected chi connectivity index (χ2v) is 5.55. The van der Waals surface area contributed by atoms with Gasteiger partial charge in [-0.1, -0.05) is 25.5 Å². The SMILES string of the molecule is CC(C)C1=CCC2(CC1)COC(=O)N(C)C2. The molecule has 90 valence electrons. The molecule has 1 fully saturated rings. The Hall–Kier alpha value is -0.990. The van der Waals surface area contributed by atoms with Crippen LogP contribution in [0.25, 0.3) is 0 Å². The topological polar surface area (TPSA) is 29.5 Å². The van der Waals surface area contributed by atoms with Crippen molar-refractivity contribution >= 4 is 6.09 Å². The van der Waals surface area contributed by atoms with Gasteiger partial charge in [-0.3, -0.25) is 0 Å². The molecule has 1 spiro atoms. The van der Waals surface area contributed by atoms with Gasteiger partial charge in [-0.15, -0.1) is 0 Å². The minimum Gasteiger partial charge on any atom is -0.449 e. The summed E-state index contributed by atoms with van der Waals surface area (Å²) < 4.78 is 5.24. The normalized spacial score (nSPS) is 30.6. The highest BCUT2D eigenvalue weighted by molar-refractivity contribution is 5.68. The van der Waals surface area contributed by atoms with E-state index in [0.717, 1.165) is 25.8 Å². The van der Waals surface area contributed by atoms with Crippen LogP contribution in [-0.4, -0.2) is 31.2 Å². The van der Waals surface area contributed by atoms with Gasteiger partial charge in [0.05, 0.1) is 0 Å². The number of rotatable bonds is 1. The quantitative estimate of drug-likeness (QED) is 0.640. The monoisotopic (exact) mass is 223 g/mol. The molecule has 1 heterocycles. The Balaban J connectivity index is 2.05. The smallest absolute Gasteiger partial charge is 0.409 e. The first-order valence-corrected chi connectivity index (χ1v) is 6.09. The lowest BCUT2D eigenvalue weighted by molar-refractivity contribution is -0.00422. The Kier molecular flexibility index (Phi) is 2.96. The van der Waals surface area contributed by atoms with Crippen LogP contribution in [-0.2, 0) is 4.74 Å². The Bertz CT molecular complexity index is 322. The van der Waals surface area contributed by atoms with E-state index in [1.54, 1.807) is 10.5 Å². The summed E-state index contributed by atoms with van der Waals surface area (Å²) in [7, 11) is 1.82. The summed E-state index contributed by atoms with van der Waals surface area (Å²) >= 11 is 0. The van der Waals surface area contributed by atoms with Crippen molar-refractivity contribution < 1.29 is 9.53 Å². The summed E-state index contributed by atoms with van der Waals surface area (Å²) in [5.74, 6) is 0.654. The molecule has 1 aliphatic heterocycles. The molecule has 3 nitrogen and oxygen atoms in total. The van der Waals surface area contributed by atoms with E-state index in [1.807, 2.05) is 7.05 Å². The van der Waals surface area contributed by atoms with Gasteiger partial charge in [-0.25, -0.2) is 4.79 Å². The lowest BCUT2D eigenvalue weighted by Gasteiger charge is -2.42. The molecule has 2 aliphatic rings. The molecule has 0 aromatic carbocycles. The molecule has 0 bridgehead atoms. The zero-order chi connectivity index (χ0) is 11.8. The first kappa shape index (κ1) is 11.5. The number of hydrogen-bond donors (Lipinski definition) is 0. The van der Waals surface area contributed by atoms with Gasteiger partial charge >= 0.3 is 6.09 Å². The summed E-state index contributed by atoms with van der Waals surface area (Å²) in [6.07, 6.45) is 5.54. The van der Waals surface area contributed by atoms with Crippen molar-refractivity contribution in [1.82, 2.24) is 4.90 Å². The zero-order valence-corrected chi connectivity index (χ0v) is 10.5. The summed E-state index contributed by atoms with van der Waals surface area (Å²) in [4.78, 5) is 13.0. The molecule has 0 N–H and O–H groups in total. The third kappa shape index (κ3) is 2.08. The van der Waals surface area contributed by atoms with Gasteiger partial charge in [0.1, 0.15) is 6.61 Å². The minimum atomic E-state index is -0.177. The van der Waals surface area contributed by atoms with Gasteiger partial charge in [0, 0.05) is 19.0 Å². The van der Waals surface area contributed by atoms with E-state index in [-0.39, 0.29) is 11.5 Å². The first-order chi connectivity index (χ1) is 7.52. The molecule has 1 unspecified atom stereocenters. The van der Waals surface area contributed by atoms with Crippen molar-refractivity contribution in [2.24, 2.45) is 11.3 Å². The van der Waals surface area contributed by atoms with E-state index in [0.29, 0.717) is 12.5 Å². The maximum Gasteiger partial charge on any atom is 0.409 e. The molecular weight excluding hydrogens is 202 g/mol. The van der Waals surface area contributed by atoms with Gasteiger partial charge in [0.25, 0.3) is 0 Å². The molecule has 0 aromatic heterocycles. The maximum atomic E-state index is 11.3. The molecule has 1 saturated heterocycles. The molecule has 3 heteroatoms. The van der Waals surface area contributed by atoms with Gasteiger partial charge in [-0.05, 0) is 25.2 Å². The van der Waals surface area contributed by atoms with Crippen LogP contribution in [0.5, 0.6) is 0 Å². The Morgan fingerprint density at radius 1 is 1.50 bits per heavy atom. The van der Waals surface area contributed by atoms with Gasteiger partial charge in [0.15, 0.2) is 0 Å². The molecule has 2 rings (SSSR count). The van der Waals surface area contributed by atoms with Crippen molar-refractivity contribution in [3.63, 3.8) is 0 Å². The van der Waals surface area contributed by atoms with E-state index >= 15 is 0 Å². The van der Waals surface area contributed by atoms with Crippen LogP contribution in [0, 0.1) is 11.3 Å². The number of hydrogen-bond acceptors (Lipinski definition) is 2. The Labute approximate surface area is 97.5 Å². The highest BCUT2D eigenvalue weighted by Gasteiger charge is 2.39. The van der Waals surface area contributed by atoms with Crippen LogP contribution < -0.4 is 0 Å². The number of carbonyl (C=O) groups excluding carboxylic acids is 1. The predicted octanol–water partition coefficient (Wildman–Crippen LogP) is 2.82. The van der Waals surface area contributed by atoms with Crippen LogP contribution >= 0.6 is 0 Å². The van der Waals surface area contributed by atoms with Crippen molar-refractivity contribution in [1.29, 1.82) is 0 Å². The lowest BCUT2D eigenvalue weighted by atomic mass is 9.73. The fourth-order valence-corrected chi connectivity index (χ4v) is 2.70. The fourth-order valence-electron chi connectivity index (χ4n) is 2.70. The molecule has 1 aliphatic carbocycles. The van der Waals surface area contributed by atoms with Crippen molar-refractivity contribution in [3.05, 3.63) is 11.6 Å². The standard InChI is InChI=1S/C13H21NO2/c1-10(2)11-4-6-13(7-5-11)8-14(3)12(15)16-9-13/h4,10H,5-9H2,1-3H3. The third-order valence-electron chi connectivity index (χ3n) is 3.87. The minimum absolute atomic E-state index is 0.177. The largest absolute Gasteiger partial charge is 0.449 e. The van der Waals surface area contributed by atoms with E-state index in [4.69, 9.17) is 4.74 Å². The number of carbonyl (C=O) groups is 1. The highest BCUT2D eigenvalue weighted by atomic mass is 16.6. The first-order valence-electron chi connectivity index (χ1n) is 6.09. The highest BCUT2D eigenvalue weighted by Crippen LogP contribution is 2.40. The van der Waals surface area contributed by atoms with Crippen LogP contribution in [0.15, 0.2) is 11.6 Å². The zero-order valence-electron chi connectivity index (χ0n) is 10.5. The Morgan fingerprint density at radius 3 is 2.75 bits per heavy atom. The predicted molar refractivity (Wildman–Crippen MR) is 63.2 cm³/mol. The molecular formula is C13H21NO2. The summed E-state index contributed by atoms with van der Waals surface area (Å²) in [6.45, 7) is 5.93. The van der Waals surface area contributed by atoms with Gasteiger partial charge < -0.3 is 9.64 Å². The molecule has 16 heavy (non-hydrogen) atoms. The maximum absolute atomic E-state index is 11.3. The van der Waals surface area contributed by atoms with E-state index < -0.39 is 0 Å². The van der Waals surface area contributed by atoms with Crippen molar-refractivity contribution in [3.8, 4) is 0 Å². The number of cyclic esters (lactones) is 1. The molecule has 1 amide bonds. The number of allylic oxidation sites excluding steroid dienone is 2. The van der Waals surface area contributed by atoms with Crippen molar-refractivity contribution in [2.45, 2.75) is 33.1 Å². The van der Waals surface area contributed by atoms with E-state index in [9.17, 15) is 4.79 Å². The number of amides is 1. The van der Waals surface area contributed by atoms with Gasteiger partial charge in [-0.2, -0.15) is 0 Å². The average molecular weight is 223 g/mol. The van der Waals surface area contributed by atoms with Crippen LogP contribution in [0.2, 0.25) is 0 Å². The lowest BCUT2D eigenvalue weighted by Crippen LogP contribution is -2.48. The summed E-state index contributed by atoms with van der Waals surface area (Å²) in [5, 5.41) is 0. The molecule has 0 radical (unpaired) electrons. The second kappa shape index (κ2) is 4.11. The number of ether oxygens (including phenoxy) is 1. The number of nitrogens with zero attached hydrogens (tertiary/aromatic N) is 1. The molecule has 0 saturated carbocycles. The second-order valence-electron chi connectivity index (χ2n) is 5.55.